The van der Waals surface area contributed by atoms with Crippen LogP contribution in [0.2, 0.25) is 0 Å². The summed E-state index contributed by atoms with van der Waals surface area (Å²) >= 11 is 5.42. The van der Waals surface area contributed by atoms with E-state index in [0.717, 1.165) is 4.31 Å². The van der Waals surface area contributed by atoms with E-state index in [9.17, 15) is 13.2 Å². The molecule has 0 rings (SSSR count). The average molecular weight is 257 g/mol. The Morgan fingerprint density at radius 2 is 2.00 bits per heavy atom. The minimum atomic E-state index is -3.43. The third kappa shape index (κ3) is 5.34. The number of hydrogen-bond donors (Lipinski definition) is 1. The third-order valence-electron chi connectivity index (χ3n) is 1.78. The van der Waals surface area contributed by atoms with Crippen molar-refractivity contribution in [3.8, 4) is 0 Å². The molecule has 0 heterocycles. The summed E-state index contributed by atoms with van der Waals surface area (Å²) in [6.07, 6.45) is 0.367. The lowest BCUT2D eigenvalue weighted by Crippen LogP contribution is -2.43. The molecule has 0 saturated carbocycles. The lowest BCUT2D eigenvalue weighted by atomic mass is 10.4. The standard InChI is InChI=1S/C8H17ClN2O3S/c1-7(2)11(6-8(10)12)15(13,14)5-3-4-9/h7H,3-6H2,1-2H3,(H2,10,12). The van der Waals surface area contributed by atoms with Crippen LogP contribution in [0.3, 0.4) is 0 Å². The number of nitrogens with two attached hydrogens (primary N) is 1. The second-order valence-electron chi connectivity index (χ2n) is 3.46. The van der Waals surface area contributed by atoms with Crippen molar-refractivity contribution in [1.29, 1.82) is 0 Å². The predicted octanol–water partition coefficient (Wildman–Crippen LogP) is 0.141. The first kappa shape index (κ1) is 14.7. The Morgan fingerprint density at radius 3 is 2.33 bits per heavy atom. The van der Waals surface area contributed by atoms with Crippen LogP contribution in [0.15, 0.2) is 0 Å². The minimum absolute atomic E-state index is 0.0536. The first-order valence-electron chi connectivity index (χ1n) is 4.65. The van der Waals surface area contributed by atoms with Gasteiger partial charge >= 0.3 is 0 Å². The molecule has 0 bridgehead atoms. The highest BCUT2D eigenvalue weighted by atomic mass is 35.5. The second kappa shape index (κ2) is 6.30. The number of alkyl halides is 1. The quantitative estimate of drug-likeness (QED) is 0.658. The van der Waals surface area contributed by atoms with Gasteiger partial charge in [0.05, 0.1) is 12.3 Å². The van der Waals surface area contributed by atoms with Crippen LogP contribution in [0, 0.1) is 0 Å². The Hall–Kier alpha value is -0.330. The van der Waals surface area contributed by atoms with Crippen molar-refractivity contribution in [2.75, 3.05) is 18.2 Å². The zero-order valence-corrected chi connectivity index (χ0v) is 10.5. The first-order valence-corrected chi connectivity index (χ1v) is 6.79. The van der Waals surface area contributed by atoms with Crippen molar-refractivity contribution in [1.82, 2.24) is 4.31 Å². The molecule has 2 N–H and O–H groups in total. The molecule has 1 amide bonds. The third-order valence-corrected chi connectivity index (χ3v) is 4.12. The maximum atomic E-state index is 11.7. The van der Waals surface area contributed by atoms with Gasteiger partial charge in [0.15, 0.2) is 0 Å². The lowest BCUT2D eigenvalue weighted by molar-refractivity contribution is -0.118. The molecular formula is C8H17ClN2O3S. The number of halogens is 1. The summed E-state index contributed by atoms with van der Waals surface area (Å²) in [4.78, 5) is 10.7. The highest BCUT2D eigenvalue weighted by molar-refractivity contribution is 7.89. The van der Waals surface area contributed by atoms with Gasteiger partial charge in [0, 0.05) is 11.9 Å². The fraction of sp³-hybridized carbons (Fsp3) is 0.875. The topological polar surface area (TPSA) is 80.5 Å². The van der Waals surface area contributed by atoms with Gasteiger partial charge in [-0.2, -0.15) is 4.31 Å². The van der Waals surface area contributed by atoms with Crippen molar-refractivity contribution in [3.05, 3.63) is 0 Å². The molecule has 0 atom stereocenters. The normalized spacial score (nSPS) is 12.3. The Bertz CT molecular complexity index is 303. The van der Waals surface area contributed by atoms with Crippen LogP contribution in [0.4, 0.5) is 0 Å². The number of nitrogens with zero attached hydrogens (tertiary/aromatic N) is 1. The Balaban J connectivity index is 4.67. The van der Waals surface area contributed by atoms with E-state index in [2.05, 4.69) is 0 Å². The minimum Gasteiger partial charge on any atom is -0.369 e. The van der Waals surface area contributed by atoms with Crippen LogP contribution in [-0.2, 0) is 14.8 Å². The summed E-state index contributed by atoms with van der Waals surface area (Å²) in [6.45, 7) is 3.12. The molecule has 0 aliphatic carbocycles. The fourth-order valence-corrected chi connectivity index (χ4v) is 3.11. The van der Waals surface area contributed by atoms with Gasteiger partial charge in [0.25, 0.3) is 0 Å². The smallest absolute Gasteiger partial charge is 0.232 e. The van der Waals surface area contributed by atoms with Gasteiger partial charge in [-0.15, -0.1) is 11.6 Å². The van der Waals surface area contributed by atoms with Gasteiger partial charge in [-0.3, -0.25) is 4.79 Å². The predicted molar refractivity (Wildman–Crippen MR) is 60.2 cm³/mol. The number of amides is 1. The zero-order valence-electron chi connectivity index (χ0n) is 8.94. The SMILES string of the molecule is CC(C)N(CC(N)=O)S(=O)(=O)CCCCl. The Labute approximate surface area is 95.6 Å². The van der Waals surface area contributed by atoms with E-state index >= 15 is 0 Å². The highest BCUT2D eigenvalue weighted by Gasteiger charge is 2.25. The van der Waals surface area contributed by atoms with Gasteiger partial charge in [-0.1, -0.05) is 0 Å². The molecule has 7 heteroatoms. The van der Waals surface area contributed by atoms with Crippen LogP contribution in [0.1, 0.15) is 20.3 Å². The lowest BCUT2D eigenvalue weighted by Gasteiger charge is -2.24. The maximum Gasteiger partial charge on any atom is 0.232 e. The first-order chi connectivity index (χ1) is 6.81. The van der Waals surface area contributed by atoms with Gasteiger partial charge in [0.1, 0.15) is 0 Å². The molecule has 0 aliphatic heterocycles. The molecular weight excluding hydrogens is 240 g/mol. The summed E-state index contributed by atoms with van der Waals surface area (Å²) in [6, 6.07) is -0.280. The summed E-state index contributed by atoms with van der Waals surface area (Å²) in [7, 11) is -3.43. The number of sulfonamides is 1. The van der Waals surface area contributed by atoms with Crippen molar-refractivity contribution >= 4 is 27.5 Å². The molecule has 0 saturated heterocycles. The van der Waals surface area contributed by atoms with E-state index in [0.29, 0.717) is 6.42 Å². The zero-order chi connectivity index (χ0) is 12.1. The van der Waals surface area contributed by atoms with Crippen molar-refractivity contribution in [3.63, 3.8) is 0 Å². The number of primary amides is 1. The Morgan fingerprint density at radius 1 is 1.47 bits per heavy atom. The summed E-state index contributed by atoms with van der Waals surface area (Å²) in [5.41, 5.74) is 4.99. The van der Waals surface area contributed by atoms with Crippen LogP contribution in [0.5, 0.6) is 0 Å². The molecule has 0 aromatic heterocycles. The van der Waals surface area contributed by atoms with Gasteiger partial charge in [-0.25, -0.2) is 8.42 Å². The molecule has 90 valence electrons. The van der Waals surface area contributed by atoms with Gasteiger partial charge in [0.2, 0.25) is 15.9 Å². The molecule has 0 aromatic rings. The van der Waals surface area contributed by atoms with E-state index in [1.807, 2.05) is 0 Å². The van der Waals surface area contributed by atoms with Crippen LogP contribution in [0.25, 0.3) is 0 Å². The van der Waals surface area contributed by atoms with Crippen molar-refractivity contribution in [2.45, 2.75) is 26.3 Å². The van der Waals surface area contributed by atoms with E-state index in [-0.39, 0.29) is 24.2 Å². The molecule has 0 aliphatic rings. The van der Waals surface area contributed by atoms with Crippen molar-refractivity contribution < 1.29 is 13.2 Å². The van der Waals surface area contributed by atoms with Crippen LogP contribution in [-0.4, -0.2) is 42.8 Å². The summed E-state index contributed by atoms with van der Waals surface area (Å²) in [5, 5.41) is 0. The molecule has 0 unspecified atom stereocenters. The second-order valence-corrected chi connectivity index (χ2v) is 5.88. The van der Waals surface area contributed by atoms with E-state index in [1.54, 1.807) is 13.8 Å². The van der Waals surface area contributed by atoms with Gasteiger partial charge < -0.3 is 5.73 Å². The van der Waals surface area contributed by atoms with E-state index in [1.165, 1.54) is 0 Å². The van der Waals surface area contributed by atoms with Crippen LogP contribution < -0.4 is 5.73 Å². The highest BCUT2D eigenvalue weighted by Crippen LogP contribution is 2.08. The van der Waals surface area contributed by atoms with E-state index in [4.69, 9.17) is 17.3 Å². The molecule has 0 spiro atoms. The van der Waals surface area contributed by atoms with Crippen molar-refractivity contribution in [2.24, 2.45) is 5.73 Å². The van der Waals surface area contributed by atoms with E-state index < -0.39 is 15.9 Å². The molecule has 0 fully saturated rings. The summed E-state index contributed by atoms with van der Waals surface area (Å²) in [5.74, 6) is -0.429. The summed E-state index contributed by atoms with van der Waals surface area (Å²) < 4.78 is 24.6. The van der Waals surface area contributed by atoms with Gasteiger partial charge in [-0.05, 0) is 20.3 Å². The number of hydrogen-bond acceptors (Lipinski definition) is 3. The van der Waals surface area contributed by atoms with Crippen LogP contribution >= 0.6 is 11.6 Å². The Kier molecular flexibility index (Phi) is 6.16. The molecule has 0 aromatic carbocycles. The number of rotatable bonds is 7. The molecule has 15 heavy (non-hydrogen) atoms. The largest absolute Gasteiger partial charge is 0.369 e. The number of carbonyl (C=O) groups is 1. The molecule has 5 nitrogen and oxygen atoms in total. The molecule has 0 radical (unpaired) electrons. The maximum absolute atomic E-state index is 11.7. The average Bonchev–Trinajstić information content (AvgIpc) is 2.10. The monoisotopic (exact) mass is 256 g/mol. The number of carbonyl (C=O) groups excluding carboxylic acids is 1. The fourth-order valence-electron chi connectivity index (χ4n) is 1.11.